The lowest BCUT2D eigenvalue weighted by Crippen LogP contribution is -2.18. The summed E-state index contributed by atoms with van der Waals surface area (Å²) in [6, 6.07) is 13.4. The number of hydrogen-bond donors (Lipinski definition) is 1. The van der Waals surface area contributed by atoms with Gasteiger partial charge in [-0.1, -0.05) is 23.2 Å². The number of hydrogen-bond acceptors (Lipinski definition) is 5. The van der Waals surface area contributed by atoms with Crippen LogP contribution in [0.1, 0.15) is 16.1 Å². The van der Waals surface area contributed by atoms with Crippen molar-refractivity contribution in [3.05, 3.63) is 69.9 Å². The normalized spacial score (nSPS) is 10.9. The topological polar surface area (TPSA) is 73.1 Å². The van der Waals surface area contributed by atoms with Crippen LogP contribution in [0.4, 0.5) is 0 Å². The minimum Gasteiger partial charge on any atom is -0.497 e. The Morgan fingerprint density at radius 3 is 2.64 bits per heavy atom. The molecule has 0 aliphatic rings. The van der Waals surface area contributed by atoms with Gasteiger partial charge < -0.3 is 13.9 Å². The molecule has 0 aliphatic heterocycles. The van der Waals surface area contributed by atoms with Crippen LogP contribution in [0, 0.1) is 0 Å². The van der Waals surface area contributed by atoms with Crippen molar-refractivity contribution in [2.75, 3.05) is 14.2 Å². The third-order valence-corrected chi connectivity index (χ3v) is 4.40. The van der Waals surface area contributed by atoms with Gasteiger partial charge in [-0.2, -0.15) is 5.10 Å². The summed E-state index contributed by atoms with van der Waals surface area (Å²) >= 11 is 12.2. The number of carbonyl (C=O) groups excluding carboxylic acids is 1. The maximum Gasteiger partial charge on any atom is 0.275 e. The fourth-order valence-corrected chi connectivity index (χ4v) is 2.84. The number of methoxy groups -OCH3 is 2. The Morgan fingerprint density at radius 1 is 1.07 bits per heavy atom. The Labute approximate surface area is 171 Å². The lowest BCUT2D eigenvalue weighted by molar-refractivity contribution is 0.0952. The maximum atomic E-state index is 12.3. The monoisotopic (exact) mass is 418 g/mol. The molecule has 1 aromatic heterocycles. The summed E-state index contributed by atoms with van der Waals surface area (Å²) in [5.41, 5.74) is 3.42. The smallest absolute Gasteiger partial charge is 0.275 e. The Bertz CT molecular complexity index is 1030. The Hall–Kier alpha value is -2.96. The average Bonchev–Trinajstić information content (AvgIpc) is 3.17. The van der Waals surface area contributed by atoms with Crippen LogP contribution in [0.15, 0.2) is 58.0 Å². The van der Waals surface area contributed by atoms with Crippen LogP contribution in [0.2, 0.25) is 10.0 Å². The van der Waals surface area contributed by atoms with Crippen molar-refractivity contribution in [3.63, 3.8) is 0 Å². The summed E-state index contributed by atoms with van der Waals surface area (Å²) in [6.45, 7) is 0. The summed E-state index contributed by atoms with van der Waals surface area (Å²) < 4.78 is 16.0. The molecular formula is C20H16Cl2N2O4. The number of amides is 1. The van der Waals surface area contributed by atoms with Gasteiger partial charge in [0.05, 0.1) is 31.0 Å². The second-order valence-electron chi connectivity index (χ2n) is 5.59. The average molecular weight is 419 g/mol. The van der Waals surface area contributed by atoms with Crippen LogP contribution in [0.5, 0.6) is 11.5 Å². The van der Waals surface area contributed by atoms with Crippen molar-refractivity contribution in [2.45, 2.75) is 0 Å². The predicted octanol–water partition coefficient (Wildman–Crippen LogP) is 5.03. The molecular weight excluding hydrogens is 403 g/mol. The van der Waals surface area contributed by atoms with E-state index in [4.69, 9.17) is 37.1 Å². The molecule has 144 valence electrons. The quantitative estimate of drug-likeness (QED) is 0.449. The number of benzene rings is 2. The van der Waals surface area contributed by atoms with E-state index in [1.807, 2.05) is 0 Å². The summed E-state index contributed by atoms with van der Waals surface area (Å²) in [6.07, 6.45) is 1.38. The Balaban J connectivity index is 1.71. The van der Waals surface area contributed by atoms with Crippen LogP contribution >= 0.6 is 23.2 Å². The number of furan rings is 1. The van der Waals surface area contributed by atoms with E-state index in [-0.39, 0.29) is 0 Å². The highest BCUT2D eigenvalue weighted by atomic mass is 35.5. The first kappa shape index (κ1) is 19.8. The maximum absolute atomic E-state index is 12.3. The summed E-state index contributed by atoms with van der Waals surface area (Å²) in [5, 5.41) is 4.98. The van der Waals surface area contributed by atoms with Crippen molar-refractivity contribution in [1.82, 2.24) is 5.43 Å². The van der Waals surface area contributed by atoms with Gasteiger partial charge in [-0.15, -0.1) is 0 Å². The number of ether oxygens (including phenoxy) is 2. The molecule has 8 heteroatoms. The molecule has 1 amide bonds. The highest BCUT2D eigenvalue weighted by molar-refractivity contribution is 6.35. The molecule has 0 fully saturated rings. The first-order valence-electron chi connectivity index (χ1n) is 8.12. The molecule has 0 bridgehead atoms. The van der Waals surface area contributed by atoms with Gasteiger partial charge >= 0.3 is 0 Å². The molecule has 28 heavy (non-hydrogen) atoms. The number of rotatable bonds is 6. The zero-order valence-corrected chi connectivity index (χ0v) is 16.5. The molecule has 1 heterocycles. The van der Waals surface area contributed by atoms with Crippen molar-refractivity contribution in [3.8, 4) is 22.8 Å². The SMILES string of the molecule is COc1ccc(C(=O)N/N=C\c2ccc(-c3cc(Cl)ccc3Cl)o2)c(OC)c1. The molecule has 0 saturated heterocycles. The second-order valence-corrected chi connectivity index (χ2v) is 6.44. The van der Waals surface area contributed by atoms with E-state index in [1.54, 1.807) is 48.5 Å². The second kappa shape index (κ2) is 8.82. The fraction of sp³-hybridized carbons (Fsp3) is 0.100. The summed E-state index contributed by atoms with van der Waals surface area (Å²) in [5.74, 6) is 1.51. The number of halogens is 2. The molecule has 6 nitrogen and oxygen atoms in total. The zero-order valence-electron chi connectivity index (χ0n) is 15.0. The largest absolute Gasteiger partial charge is 0.497 e. The van der Waals surface area contributed by atoms with E-state index < -0.39 is 5.91 Å². The highest BCUT2D eigenvalue weighted by Crippen LogP contribution is 2.31. The fourth-order valence-electron chi connectivity index (χ4n) is 2.45. The van der Waals surface area contributed by atoms with E-state index in [0.717, 1.165) is 0 Å². The highest BCUT2D eigenvalue weighted by Gasteiger charge is 2.13. The third kappa shape index (κ3) is 4.47. The van der Waals surface area contributed by atoms with E-state index in [0.29, 0.717) is 44.2 Å². The first-order chi connectivity index (χ1) is 13.5. The number of nitrogens with zero attached hydrogens (tertiary/aromatic N) is 1. The van der Waals surface area contributed by atoms with Crippen LogP contribution in [-0.2, 0) is 0 Å². The lowest BCUT2D eigenvalue weighted by Gasteiger charge is -2.08. The molecule has 0 saturated carbocycles. The summed E-state index contributed by atoms with van der Waals surface area (Å²) in [4.78, 5) is 12.3. The molecule has 0 unspecified atom stereocenters. The molecule has 3 rings (SSSR count). The van der Waals surface area contributed by atoms with Gasteiger partial charge in [-0.05, 0) is 42.5 Å². The van der Waals surface area contributed by atoms with E-state index in [2.05, 4.69) is 10.5 Å². The van der Waals surface area contributed by atoms with Crippen molar-refractivity contribution < 1.29 is 18.7 Å². The molecule has 0 atom stereocenters. The molecule has 0 radical (unpaired) electrons. The van der Waals surface area contributed by atoms with Gasteiger partial charge in [0.1, 0.15) is 23.0 Å². The van der Waals surface area contributed by atoms with E-state index >= 15 is 0 Å². The van der Waals surface area contributed by atoms with E-state index in [1.165, 1.54) is 20.4 Å². The van der Waals surface area contributed by atoms with Crippen LogP contribution in [0.3, 0.4) is 0 Å². The minimum absolute atomic E-state index is 0.325. The minimum atomic E-state index is -0.430. The molecule has 3 aromatic rings. The molecule has 0 spiro atoms. The third-order valence-electron chi connectivity index (χ3n) is 3.83. The molecule has 2 aromatic carbocycles. The van der Waals surface area contributed by atoms with Gasteiger partial charge in [0.2, 0.25) is 0 Å². The van der Waals surface area contributed by atoms with Crippen molar-refractivity contribution in [2.24, 2.45) is 5.10 Å². The number of hydrazone groups is 1. The number of carbonyl (C=O) groups is 1. The number of nitrogens with one attached hydrogen (secondary N) is 1. The van der Waals surface area contributed by atoms with Crippen LogP contribution in [0.25, 0.3) is 11.3 Å². The van der Waals surface area contributed by atoms with Crippen molar-refractivity contribution in [1.29, 1.82) is 0 Å². The van der Waals surface area contributed by atoms with E-state index in [9.17, 15) is 4.79 Å². The van der Waals surface area contributed by atoms with Gasteiger partial charge in [0, 0.05) is 16.7 Å². The van der Waals surface area contributed by atoms with Crippen LogP contribution < -0.4 is 14.9 Å². The van der Waals surface area contributed by atoms with Gasteiger partial charge in [-0.3, -0.25) is 4.79 Å². The summed E-state index contributed by atoms with van der Waals surface area (Å²) in [7, 11) is 3.01. The Kier molecular flexibility index (Phi) is 6.23. The van der Waals surface area contributed by atoms with Crippen molar-refractivity contribution >= 4 is 35.3 Å². The van der Waals surface area contributed by atoms with Gasteiger partial charge in [-0.25, -0.2) is 5.43 Å². The molecule has 0 aliphatic carbocycles. The zero-order chi connectivity index (χ0) is 20.1. The Morgan fingerprint density at radius 2 is 1.89 bits per heavy atom. The van der Waals surface area contributed by atoms with Crippen LogP contribution in [-0.4, -0.2) is 26.3 Å². The van der Waals surface area contributed by atoms with Gasteiger partial charge in [0.25, 0.3) is 5.91 Å². The standard InChI is InChI=1S/C20H16Cl2N2O4/c1-26-13-4-6-15(19(10-13)27-2)20(25)24-23-11-14-5-8-18(28-14)16-9-12(21)3-7-17(16)22/h3-11H,1-2H3,(H,24,25)/b23-11-. The first-order valence-corrected chi connectivity index (χ1v) is 8.88. The van der Waals surface area contributed by atoms with Gasteiger partial charge in [0.15, 0.2) is 0 Å². The molecule has 1 N–H and O–H groups in total. The lowest BCUT2D eigenvalue weighted by atomic mass is 10.2. The predicted molar refractivity (Wildman–Crippen MR) is 109 cm³/mol.